The van der Waals surface area contributed by atoms with Crippen LogP contribution in [0.25, 0.3) is 0 Å². The first kappa shape index (κ1) is 14.6. The van der Waals surface area contributed by atoms with E-state index in [0.717, 1.165) is 0 Å². The van der Waals surface area contributed by atoms with Gasteiger partial charge in [0.15, 0.2) is 11.5 Å². The summed E-state index contributed by atoms with van der Waals surface area (Å²) in [6.07, 6.45) is 1.56. The second-order valence-corrected chi connectivity index (χ2v) is 4.38. The predicted molar refractivity (Wildman–Crippen MR) is 82.7 cm³/mol. The first-order chi connectivity index (χ1) is 10.1. The molecule has 21 heavy (non-hydrogen) atoms. The van der Waals surface area contributed by atoms with Gasteiger partial charge in [-0.05, 0) is 36.4 Å². The van der Waals surface area contributed by atoms with E-state index in [-0.39, 0.29) is 11.7 Å². The van der Waals surface area contributed by atoms with E-state index in [4.69, 9.17) is 4.74 Å². The van der Waals surface area contributed by atoms with Crippen molar-refractivity contribution in [3.63, 3.8) is 0 Å². The van der Waals surface area contributed by atoms with Gasteiger partial charge >= 0.3 is 0 Å². The number of carbonyl (C=O) groups is 1. The van der Waals surface area contributed by atoms with Crippen LogP contribution in [0.5, 0.6) is 11.5 Å². The Morgan fingerprint density at radius 3 is 2.57 bits per heavy atom. The number of para-hydroxylation sites is 1. The van der Waals surface area contributed by atoms with E-state index in [2.05, 4.69) is 10.3 Å². The standard InChI is InChI=1S/C16H16N2O3/c1-11(19)18-14-8-6-13(7-9-14)17-10-12-4-3-5-15(21-2)16(12)20/h3-10,20H,1-2H3,(H,18,19). The highest BCUT2D eigenvalue weighted by atomic mass is 16.5. The molecule has 0 aliphatic carbocycles. The lowest BCUT2D eigenvalue weighted by molar-refractivity contribution is -0.114. The highest BCUT2D eigenvalue weighted by Crippen LogP contribution is 2.28. The third kappa shape index (κ3) is 3.82. The highest BCUT2D eigenvalue weighted by molar-refractivity contribution is 5.89. The number of amides is 1. The van der Waals surface area contributed by atoms with E-state index < -0.39 is 0 Å². The molecule has 0 unspecified atom stereocenters. The van der Waals surface area contributed by atoms with Crippen LogP contribution in [0.1, 0.15) is 12.5 Å². The molecule has 0 fully saturated rings. The van der Waals surface area contributed by atoms with Crippen LogP contribution in [0.15, 0.2) is 47.5 Å². The molecule has 5 heteroatoms. The van der Waals surface area contributed by atoms with Gasteiger partial charge < -0.3 is 15.2 Å². The SMILES string of the molecule is COc1cccc(C=Nc2ccc(NC(C)=O)cc2)c1O. The summed E-state index contributed by atoms with van der Waals surface area (Å²) in [6.45, 7) is 1.46. The molecular formula is C16H16N2O3. The first-order valence-corrected chi connectivity index (χ1v) is 6.38. The zero-order chi connectivity index (χ0) is 15.2. The van der Waals surface area contributed by atoms with Gasteiger partial charge in [-0.15, -0.1) is 0 Å². The maximum Gasteiger partial charge on any atom is 0.221 e. The molecule has 2 aromatic rings. The fourth-order valence-corrected chi connectivity index (χ4v) is 1.79. The molecule has 2 N–H and O–H groups in total. The zero-order valence-electron chi connectivity index (χ0n) is 11.8. The quantitative estimate of drug-likeness (QED) is 0.847. The number of nitrogens with zero attached hydrogens (tertiary/aromatic N) is 1. The lowest BCUT2D eigenvalue weighted by atomic mass is 10.2. The van der Waals surface area contributed by atoms with Crippen LogP contribution in [0.4, 0.5) is 11.4 Å². The van der Waals surface area contributed by atoms with Crippen LogP contribution in [-0.4, -0.2) is 24.3 Å². The maximum atomic E-state index is 10.9. The Labute approximate surface area is 122 Å². The number of rotatable bonds is 4. The number of hydrogen-bond donors (Lipinski definition) is 2. The molecule has 0 atom stereocenters. The number of carbonyl (C=O) groups excluding carboxylic acids is 1. The van der Waals surface area contributed by atoms with Gasteiger partial charge in [-0.2, -0.15) is 0 Å². The van der Waals surface area contributed by atoms with Gasteiger partial charge in [0.05, 0.1) is 12.8 Å². The Morgan fingerprint density at radius 1 is 1.24 bits per heavy atom. The fraction of sp³-hybridized carbons (Fsp3) is 0.125. The molecule has 2 rings (SSSR count). The average Bonchev–Trinajstić information content (AvgIpc) is 2.47. The number of phenols is 1. The van der Waals surface area contributed by atoms with E-state index in [0.29, 0.717) is 22.7 Å². The van der Waals surface area contributed by atoms with Crippen molar-refractivity contribution in [1.29, 1.82) is 0 Å². The van der Waals surface area contributed by atoms with E-state index in [1.807, 2.05) is 0 Å². The third-order valence-electron chi connectivity index (χ3n) is 2.79. The number of hydrogen-bond acceptors (Lipinski definition) is 4. The minimum absolute atomic E-state index is 0.0543. The second-order valence-electron chi connectivity index (χ2n) is 4.38. The number of nitrogens with one attached hydrogen (secondary N) is 1. The number of phenolic OH excluding ortho intramolecular Hbond substituents is 1. The van der Waals surface area contributed by atoms with Crippen molar-refractivity contribution in [3.05, 3.63) is 48.0 Å². The number of aliphatic imine (C=N–C) groups is 1. The Balaban J connectivity index is 2.16. The van der Waals surface area contributed by atoms with Gasteiger partial charge in [-0.3, -0.25) is 9.79 Å². The van der Waals surface area contributed by atoms with Gasteiger partial charge in [-0.1, -0.05) is 6.07 Å². The monoisotopic (exact) mass is 284 g/mol. The summed E-state index contributed by atoms with van der Waals surface area (Å²) in [5.41, 5.74) is 2.00. The summed E-state index contributed by atoms with van der Waals surface area (Å²) in [5.74, 6) is 0.339. The summed E-state index contributed by atoms with van der Waals surface area (Å²) in [6, 6.07) is 12.3. The molecule has 0 bridgehead atoms. The fourth-order valence-electron chi connectivity index (χ4n) is 1.79. The molecule has 0 aromatic heterocycles. The van der Waals surface area contributed by atoms with Crippen LogP contribution >= 0.6 is 0 Å². The summed E-state index contributed by atoms with van der Waals surface area (Å²) in [4.78, 5) is 15.2. The number of ether oxygens (including phenoxy) is 1. The highest BCUT2D eigenvalue weighted by Gasteiger charge is 2.04. The van der Waals surface area contributed by atoms with Crippen LogP contribution in [-0.2, 0) is 4.79 Å². The summed E-state index contributed by atoms with van der Waals surface area (Å²) in [5, 5.41) is 12.6. The zero-order valence-corrected chi connectivity index (χ0v) is 11.8. The maximum absolute atomic E-state index is 10.9. The van der Waals surface area contributed by atoms with Crippen molar-refractivity contribution < 1.29 is 14.6 Å². The lowest BCUT2D eigenvalue weighted by Crippen LogP contribution is -2.04. The largest absolute Gasteiger partial charge is 0.504 e. The number of aromatic hydroxyl groups is 1. The Kier molecular flexibility index (Phi) is 4.56. The van der Waals surface area contributed by atoms with Crippen molar-refractivity contribution in [2.24, 2.45) is 4.99 Å². The van der Waals surface area contributed by atoms with E-state index in [1.54, 1.807) is 48.7 Å². The average molecular weight is 284 g/mol. The molecular weight excluding hydrogens is 268 g/mol. The smallest absolute Gasteiger partial charge is 0.221 e. The van der Waals surface area contributed by atoms with Gasteiger partial charge in [0.2, 0.25) is 5.91 Å². The molecule has 0 saturated heterocycles. The molecule has 2 aromatic carbocycles. The topological polar surface area (TPSA) is 70.9 Å². The van der Waals surface area contributed by atoms with Crippen molar-refractivity contribution in [2.45, 2.75) is 6.92 Å². The summed E-state index contributed by atoms with van der Waals surface area (Å²) >= 11 is 0. The van der Waals surface area contributed by atoms with E-state index in [1.165, 1.54) is 14.0 Å². The van der Waals surface area contributed by atoms with Crippen molar-refractivity contribution in [3.8, 4) is 11.5 Å². The Hall–Kier alpha value is -2.82. The molecule has 0 radical (unpaired) electrons. The summed E-state index contributed by atoms with van der Waals surface area (Å²) in [7, 11) is 1.50. The van der Waals surface area contributed by atoms with Crippen LogP contribution in [0, 0.1) is 0 Å². The van der Waals surface area contributed by atoms with Crippen LogP contribution in [0.3, 0.4) is 0 Å². The molecule has 0 heterocycles. The van der Waals surface area contributed by atoms with Gasteiger partial charge in [-0.25, -0.2) is 0 Å². The summed E-state index contributed by atoms with van der Waals surface area (Å²) < 4.78 is 5.04. The molecule has 0 aliphatic rings. The molecule has 0 aliphatic heterocycles. The van der Waals surface area contributed by atoms with Crippen LogP contribution in [0.2, 0.25) is 0 Å². The molecule has 0 spiro atoms. The Morgan fingerprint density at radius 2 is 1.95 bits per heavy atom. The third-order valence-corrected chi connectivity index (χ3v) is 2.79. The first-order valence-electron chi connectivity index (χ1n) is 6.38. The minimum Gasteiger partial charge on any atom is -0.504 e. The van der Waals surface area contributed by atoms with Crippen LogP contribution < -0.4 is 10.1 Å². The van der Waals surface area contributed by atoms with E-state index >= 15 is 0 Å². The van der Waals surface area contributed by atoms with Crippen molar-refractivity contribution in [2.75, 3.05) is 12.4 Å². The molecule has 108 valence electrons. The van der Waals surface area contributed by atoms with Gasteiger partial charge in [0.1, 0.15) is 0 Å². The van der Waals surface area contributed by atoms with Crippen molar-refractivity contribution in [1.82, 2.24) is 0 Å². The molecule has 0 saturated carbocycles. The lowest BCUT2D eigenvalue weighted by Gasteiger charge is -2.05. The molecule has 5 nitrogen and oxygen atoms in total. The Bertz CT molecular complexity index is 664. The van der Waals surface area contributed by atoms with E-state index in [9.17, 15) is 9.90 Å². The molecule has 1 amide bonds. The normalized spacial score (nSPS) is 10.6. The minimum atomic E-state index is -0.118. The number of benzene rings is 2. The number of anilines is 1. The predicted octanol–water partition coefficient (Wildman–Crippen LogP) is 3.11. The number of methoxy groups -OCH3 is 1. The second kappa shape index (κ2) is 6.56. The van der Waals surface area contributed by atoms with Gasteiger partial charge in [0.25, 0.3) is 0 Å². The van der Waals surface area contributed by atoms with Gasteiger partial charge in [0, 0.05) is 24.4 Å². The van der Waals surface area contributed by atoms with Crippen molar-refractivity contribution >= 4 is 23.5 Å².